The van der Waals surface area contributed by atoms with Crippen molar-refractivity contribution in [2.75, 3.05) is 6.61 Å². The zero-order chi connectivity index (χ0) is 14.9. The molecule has 1 aliphatic heterocycles. The van der Waals surface area contributed by atoms with E-state index >= 15 is 0 Å². The van der Waals surface area contributed by atoms with Crippen LogP contribution < -0.4 is 0 Å². The van der Waals surface area contributed by atoms with Gasteiger partial charge in [0.15, 0.2) is 0 Å². The second kappa shape index (κ2) is 8.81. The van der Waals surface area contributed by atoms with E-state index in [1.165, 1.54) is 12.0 Å². The first-order chi connectivity index (χ1) is 10.3. The predicted octanol–water partition coefficient (Wildman–Crippen LogP) is 4.62. The number of benzene rings is 1. The standard InChI is InChI=1S/C19H26O2/c1-3-5-13-20-19-14-17(4-2)21-18(15-19)12-11-16-9-7-6-8-10-16/h4,6-12,17-19H,2-3,5,13-15H2,1H3/b12-11-/t17-,18+,19-/m0/s1. The zero-order valence-electron chi connectivity index (χ0n) is 12.9. The van der Waals surface area contributed by atoms with Gasteiger partial charge in [-0.2, -0.15) is 0 Å². The summed E-state index contributed by atoms with van der Waals surface area (Å²) in [4.78, 5) is 0. The van der Waals surface area contributed by atoms with Crippen LogP contribution in [-0.2, 0) is 9.47 Å². The fraction of sp³-hybridized carbons (Fsp3) is 0.474. The molecule has 1 fully saturated rings. The lowest BCUT2D eigenvalue weighted by molar-refractivity contribution is -0.0820. The Morgan fingerprint density at radius 3 is 2.71 bits per heavy atom. The summed E-state index contributed by atoms with van der Waals surface area (Å²) in [6.07, 6.45) is 10.8. The molecule has 1 saturated heterocycles. The molecule has 0 amide bonds. The lowest BCUT2D eigenvalue weighted by Gasteiger charge is -2.32. The van der Waals surface area contributed by atoms with Crippen molar-refractivity contribution in [3.63, 3.8) is 0 Å². The third-order valence-electron chi connectivity index (χ3n) is 3.76. The van der Waals surface area contributed by atoms with E-state index in [9.17, 15) is 0 Å². The third kappa shape index (κ3) is 5.49. The average Bonchev–Trinajstić information content (AvgIpc) is 2.54. The van der Waals surface area contributed by atoms with Crippen LogP contribution in [0.2, 0.25) is 0 Å². The van der Waals surface area contributed by atoms with Crippen LogP contribution in [0.5, 0.6) is 0 Å². The highest BCUT2D eigenvalue weighted by atomic mass is 16.5. The molecule has 114 valence electrons. The molecule has 0 radical (unpaired) electrons. The molecule has 1 aliphatic rings. The molecule has 1 aromatic rings. The minimum Gasteiger partial charge on any atom is -0.378 e. The summed E-state index contributed by atoms with van der Waals surface area (Å²) in [6.45, 7) is 6.90. The highest BCUT2D eigenvalue weighted by molar-refractivity contribution is 5.49. The maximum atomic E-state index is 6.01. The van der Waals surface area contributed by atoms with Gasteiger partial charge in [-0.25, -0.2) is 0 Å². The van der Waals surface area contributed by atoms with E-state index in [2.05, 4.69) is 37.8 Å². The number of ether oxygens (including phenoxy) is 2. The highest BCUT2D eigenvalue weighted by Gasteiger charge is 2.26. The first kappa shape index (κ1) is 16.0. The van der Waals surface area contributed by atoms with E-state index in [1.54, 1.807) is 0 Å². The van der Waals surface area contributed by atoms with Crippen LogP contribution in [0.25, 0.3) is 6.08 Å². The smallest absolute Gasteiger partial charge is 0.0791 e. The molecule has 0 aliphatic carbocycles. The van der Waals surface area contributed by atoms with Gasteiger partial charge in [-0.05, 0) is 12.0 Å². The Balaban J connectivity index is 1.91. The van der Waals surface area contributed by atoms with Crippen molar-refractivity contribution in [1.82, 2.24) is 0 Å². The normalized spacial score (nSPS) is 26.0. The van der Waals surface area contributed by atoms with Crippen molar-refractivity contribution in [1.29, 1.82) is 0 Å². The Kier molecular flexibility index (Phi) is 6.71. The molecule has 0 unspecified atom stereocenters. The lowest BCUT2D eigenvalue weighted by atomic mass is 9.99. The zero-order valence-corrected chi connectivity index (χ0v) is 12.9. The van der Waals surface area contributed by atoms with Crippen molar-refractivity contribution in [3.05, 3.63) is 54.6 Å². The van der Waals surface area contributed by atoms with Crippen molar-refractivity contribution >= 4 is 6.08 Å². The summed E-state index contributed by atoms with van der Waals surface area (Å²) >= 11 is 0. The molecule has 0 N–H and O–H groups in total. The van der Waals surface area contributed by atoms with Gasteiger partial charge in [-0.15, -0.1) is 6.58 Å². The fourth-order valence-electron chi connectivity index (χ4n) is 2.54. The van der Waals surface area contributed by atoms with Gasteiger partial charge in [0.2, 0.25) is 0 Å². The maximum Gasteiger partial charge on any atom is 0.0791 e. The highest BCUT2D eigenvalue weighted by Crippen LogP contribution is 2.24. The molecule has 0 saturated carbocycles. The van der Waals surface area contributed by atoms with Gasteiger partial charge in [0.1, 0.15) is 0 Å². The molecule has 1 aromatic carbocycles. The molecule has 2 nitrogen and oxygen atoms in total. The monoisotopic (exact) mass is 286 g/mol. The number of hydrogen-bond donors (Lipinski definition) is 0. The van der Waals surface area contributed by atoms with Crippen LogP contribution in [0, 0.1) is 0 Å². The summed E-state index contributed by atoms with van der Waals surface area (Å²) in [5.41, 5.74) is 1.20. The van der Waals surface area contributed by atoms with E-state index in [4.69, 9.17) is 9.47 Å². The summed E-state index contributed by atoms with van der Waals surface area (Å²) in [7, 11) is 0. The Labute approximate surface area is 128 Å². The topological polar surface area (TPSA) is 18.5 Å². The van der Waals surface area contributed by atoms with E-state index in [0.29, 0.717) is 0 Å². The van der Waals surface area contributed by atoms with Gasteiger partial charge in [0, 0.05) is 19.4 Å². The van der Waals surface area contributed by atoms with E-state index in [0.717, 1.165) is 25.9 Å². The average molecular weight is 286 g/mol. The summed E-state index contributed by atoms with van der Waals surface area (Å²) < 4.78 is 12.0. The predicted molar refractivity (Wildman–Crippen MR) is 88.2 cm³/mol. The molecule has 21 heavy (non-hydrogen) atoms. The summed E-state index contributed by atoms with van der Waals surface area (Å²) in [5.74, 6) is 0. The Morgan fingerprint density at radius 1 is 1.24 bits per heavy atom. The van der Waals surface area contributed by atoms with Crippen molar-refractivity contribution in [2.45, 2.75) is 50.9 Å². The fourth-order valence-corrected chi connectivity index (χ4v) is 2.54. The largest absolute Gasteiger partial charge is 0.378 e. The molecule has 0 spiro atoms. The molecule has 3 atom stereocenters. The van der Waals surface area contributed by atoms with Crippen LogP contribution in [0.3, 0.4) is 0 Å². The Morgan fingerprint density at radius 2 is 2.00 bits per heavy atom. The van der Waals surface area contributed by atoms with Gasteiger partial charge < -0.3 is 9.47 Å². The van der Waals surface area contributed by atoms with E-state index < -0.39 is 0 Å². The molecule has 0 aromatic heterocycles. The van der Waals surface area contributed by atoms with Gasteiger partial charge in [-0.3, -0.25) is 0 Å². The van der Waals surface area contributed by atoms with Crippen LogP contribution in [0.4, 0.5) is 0 Å². The summed E-state index contributed by atoms with van der Waals surface area (Å²) in [6, 6.07) is 10.3. The minimum atomic E-state index is 0.0933. The van der Waals surface area contributed by atoms with Crippen molar-refractivity contribution in [2.24, 2.45) is 0 Å². The molecule has 1 heterocycles. The van der Waals surface area contributed by atoms with Crippen molar-refractivity contribution in [3.8, 4) is 0 Å². The van der Waals surface area contributed by atoms with Gasteiger partial charge in [0.25, 0.3) is 0 Å². The lowest BCUT2D eigenvalue weighted by Crippen LogP contribution is -2.35. The second-order valence-electron chi connectivity index (χ2n) is 5.54. The van der Waals surface area contributed by atoms with E-state index in [1.807, 2.05) is 24.3 Å². The van der Waals surface area contributed by atoms with Gasteiger partial charge in [0.05, 0.1) is 18.3 Å². The number of unbranched alkanes of at least 4 members (excludes halogenated alkanes) is 1. The number of hydrogen-bond acceptors (Lipinski definition) is 2. The van der Waals surface area contributed by atoms with Gasteiger partial charge in [-0.1, -0.05) is 61.9 Å². The first-order valence-corrected chi connectivity index (χ1v) is 7.94. The SMILES string of the molecule is C=C[C@H]1C[C@H](OCCCC)C[C@@H](/C=C\c2ccccc2)O1. The Hall–Kier alpha value is -1.38. The second-order valence-corrected chi connectivity index (χ2v) is 5.54. The van der Waals surface area contributed by atoms with Crippen molar-refractivity contribution < 1.29 is 9.47 Å². The molecular formula is C19H26O2. The molecule has 2 rings (SSSR count). The summed E-state index contributed by atoms with van der Waals surface area (Å²) in [5, 5.41) is 0. The maximum absolute atomic E-state index is 6.01. The van der Waals surface area contributed by atoms with Crippen LogP contribution in [0.1, 0.15) is 38.2 Å². The van der Waals surface area contributed by atoms with Gasteiger partial charge >= 0.3 is 0 Å². The first-order valence-electron chi connectivity index (χ1n) is 7.94. The number of rotatable bonds is 7. The molecule has 0 bridgehead atoms. The van der Waals surface area contributed by atoms with E-state index in [-0.39, 0.29) is 18.3 Å². The molecule has 2 heteroatoms. The third-order valence-corrected chi connectivity index (χ3v) is 3.76. The molecular weight excluding hydrogens is 260 g/mol. The minimum absolute atomic E-state index is 0.0933. The quantitative estimate of drug-likeness (QED) is 0.538. The van der Waals surface area contributed by atoms with Crippen LogP contribution in [0.15, 0.2) is 49.1 Å². The Bertz CT molecular complexity index is 438. The van der Waals surface area contributed by atoms with Crippen LogP contribution >= 0.6 is 0 Å². The van der Waals surface area contributed by atoms with Crippen LogP contribution in [-0.4, -0.2) is 24.9 Å².